The molecule has 0 aromatic heterocycles. The maximum atomic E-state index is 12.9. The number of methoxy groups -OCH3 is 1. The van der Waals surface area contributed by atoms with Gasteiger partial charge in [0.2, 0.25) is 0 Å². The Morgan fingerprint density at radius 2 is 1.77 bits per heavy atom. The van der Waals surface area contributed by atoms with Gasteiger partial charge in [-0.05, 0) is 24.1 Å². The standard InChI is InChI=1S/C19H18N2O5/c1-26-19(23)16-11-12-20(18(22)14-5-3-2-4-6-14)17(16)13-7-9-15(10-8-13)21(24)25/h2-10,16-17H,11-12H2,1H3. The SMILES string of the molecule is COC(=O)C1CCN(C(=O)c2ccccc2)C1c1ccc([N+](=O)[O-])cc1. The first kappa shape index (κ1) is 17.6. The van der Waals surface area contributed by atoms with Gasteiger partial charge in [0.15, 0.2) is 0 Å². The summed E-state index contributed by atoms with van der Waals surface area (Å²) >= 11 is 0. The van der Waals surface area contributed by atoms with Crippen LogP contribution < -0.4 is 0 Å². The van der Waals surface area contributed by atoms with Gasteiger partial charge < -0.3 is 9.64 Å². The predicted octanol–water partition coefficient (Wildman–Crippen LogP) is 2.97. The van der Waals surface area contributed by atoms with Gasteiger partial charge >= 0.3 is 5.97 Å². The molecule has 2 unspecified atom stereocenters. The molecule has 0 aliphatic carbocycles. The van der Waals surface area contributed by atoms with E-state index in [0.717, 1.165) is 0 Å². The summed E-state index contributed by atoms with van der Waals surface area (Å²) < 4.78 is 4.90. The van der Waals surface area contributed by atoms with Crippen molar-refractivity contribution in [2.75, 3.05) is 13.7 Å². The molecule has 0 bridgehead atoms. The lowest BCUT2D eigenvalue weighted by molar-refractivity contribution is -0.384. The Labute approximate surface area is 150 Å². The molecule has 0 radical (unpaired) electrons. The van der Waals surface area contributed by atoms with Crippen LogP contribution in [0.2, 0.25) is 0 Å². The third-order valence-corrected chi connectivity index (χ3v) is 4.63. The van der Waals surface area contributed by atoms with E-state index >= 15 is 0 Å². The Morgan fingerprint density at radius 3 is 2.35 bits per heavy atom. The monoisotopic (exact) mass is 354 g/mol. The minimum absolute atomic E-state index is 0.0395. The lowest BCUT2D eigenvalue weighted by Gasteiger charge is -2.28. The summed E-state index contributed by atoms with van der Waals surface area (Å²) in [6.45, 7) is 0.412. The molecule has 0 N–H and O–H groups in total. The van der Waals surface area contributed by atoms with E-state index < -0.39 is 22.9 Å². The number of non-ortho nitro benzene ring substituents is 1. The van der Waals surface area contributed by atoms with E-state index in [1.807, 2.05) is 6.07 Å². The summed E-state index contributed by atoms with van der Waals surface area (Å²) in [7, 11) is 1.32. The number of rotatable bonds is 4. The van der Waals surface area contributed by atoms with E-state index in [9.17, 15) is 19.7 Å². The highest BCUT2D eigenvalue weighted by atomic mass is 16.6. The van der Waals surface area contributed by atoms with Crippen LogP contribution in [0.3, 0.4) is 0 Å². The molecule has 1 fully saturated rings. The smallest absolute Gasteiger partial charge is 0.311 e. The van der Waals surface area contributed by atoms with Crippen LogP contribution in [0.25, 0.3) is 0 Å². The van der Waals surface area contributed by atoms with Crippen molar-refractivity contribution < 1.29 is 19.2 Å². The Bertz CT molecular complexity index is 820. The van der Waals surface area contributed by atoms with E-state index in [-0.39, 0.29) is 11.6 Å². The molecule has 7 heteroatoms. The molecule has 26 heavy (non-hydrogen) atoms. The van der Waals surface area contributed by atoms with E-state index in [0.29, 0.717) is 24.1 Å². The van der Waals surface area contributed by atoms with Crippen molar-refractivity contribution in [1.82, 2.24) is 4.90 Å². The zero-order valence-corrected chi connectivity index (χ0v) is 14.2. The first-order chi connectivity index (χ1) is 12.5. The van der Waals surface area contributed by atoms with Gasteiger partial charge in [-0.3, -0.25) is 19.7 Å². The van der Waals surface area contributed by atoms with Gasteiger partial charge in [-0.25, -0.2) is 0 Å². The van der Waals surface area contributed by atoms with Gasteiger partial charge in [0.25, 0.3) is 11.6 Å². The average Bonchev–Trinajstić information content (AvgIpc) is 3.12. The highest BCUT2D eigenvalue weighted by Gasteiger charge is 2.42. The Hall–Kier alpha value is -3.22. The zero-order chi connectivity index (χ0) is 18.7. The number of carbonyl (C=O) groups is 2. The second-order valence-corrected chi connectivity index (χ2v) is 6.08. The number of likely N-dealkylation sites (tertiary alicyclic amines) is 1. The third kappa shape index (κ3) is 3.28. The molecular weight excluding hydrogens is 336 g/mol. The lowest BCUT2D eigenvalue weighted by atomic mass is 9.93. The van der Waals surface area contributed by atoms with Gasteiger partial charge in [0.1, 0.15) is 0 Å². The highest BCUT2D eigenvalue weighted by Crippen LogP contribution is 2.39. The van der Waals surface area contributed by atoms with E-state index in [1.165, 1.54) is 19.2 Å². The van der Waals surface area contributed by atoms with Crippen molar-refractivity contribution in [3.63, 3.8) is 0 Å². The van der Waals surface area contributed by atoms with Crippen LogP contribution in [0.4, 0.5) is 5.69 Å². The molecular formula is C19H18N2O5. The minimum Gasteiger partial charge on any atom is -0.469 e. The fourth-order valence-corrected chi connectivity index (χ4v) is 3.37. The normalized spacial score (nSPS) is 19.2. The maximum Gasteiger partial charge on any atom is 0.311 e. The number of amides is 1. The molecule has 134 valence electrons. The number of nitro benzene ring substituents is 1. The number of hydrogen-bond acceptors (Lipinski definition) is 5. The highest BCUT2D eigenvalue weighted by molar-refractivity contribution is 5.95. The van der Waals surface area contributed by atoms with Crippen LogP contribution in [0, 0.1) is 16.0 Å². The molecule has 1 amide bonds. The molecule has 2 aromatic carbocycles. The summed E-state index contributed by atoms with van der Waals surface area (Å²) in [4.78, 5) is 37.2. The molecule has 1 aliphatic rings. The largest absolute Gasteiger partial charge is 0.469 e. The third-order valence-electron chi connectivity index (χ3n) is 4.63. The molecule has 7 nitrogen and oxygen atoms in total. The van der Waals surface area contributed by atoms with Crippen molar-refractivity contribution in [3.8, 4) is 0 Å². The van der Waals surface area contributed by atoms with Gasteiger partial charge in [-0.1, -0.05) is 30.3 Å². The zero-order valence-electron chi connectivity index (χ0n) is 14.2. The number of benzene rings is 2. The summed E-state index contributed by atoms with van der Waals surface area (Å²) in [6, 6.07) is 14.3. The van der Waals surface area contributed by atoms with Crippen LogP contribution in [0.1, 0.15) is 28.4 Å². The Morgan fingerprint density at radius 1 is 1.12 bits per heavy atom. The molecule has 2 aromatic rings. The van der Waals surface area contributed by atoms with Crippen LogP contribution in [0.15, 0.2) is 54.6 Å². The van der Waals surface area contributed by atoms with Gasteiger partial charge in [0, 0.05) is 24.2 Å². The van der Waals surface area contributed by atoms with Crippen molar-refractivity contribution in [3.05, 3.63) is 75.8 Å². The summed E-state index contributed by atoms with van der Waals surface area (Å²) in [5, 5.41) is 10.9. The second kappa shape index (κ2) is 7.35. The van der Waals surface area contributed by atoms with Crippen LogP contribution >= 0.6 is 0 Å². The second-order valence-electron chi connectivity index (χ2n) is 6.08. The van der Waals surface area contributed by atoms with Crippen LogP contribution in [-0.2, 0) is 9.53 Å². The number of nitro groups is 1. The molecule has 2 atom stereocenters. The van der Waals surface area contributed by atoms with Crippen molar-refractivity contribution in [1.29, 1.82) is 0 Å². The number of nitrogens with zero attached hydrogens (tertiary/aromatic N) is 2. The van der Waals surface area contributed by atoms with E-state index in [4.69, 9.17) is 4.74 Å². The van der Waals surface area contributed by atoms with Crippen molar-refractivity contribution in [2.24, 2.45) is 5.92 Å². The van der Waals surface area contributed by atoms with Gasteiger partial charge in [0.05, 0.1) is 24.0 Å². The number of hydrogen-bond donors (Lipinski definition) is 0. The average molecular weight is 354 g/mol. The number of esters is 1. The van der Waals surface area contributed by atoms with Gasteiger partial charge in [-0.15, -0.1) is 0 Å². The summed E-state index contributed by atoms with van der Waals surface area (Å²) in [6.07, 6.45) is 0.479. The Balaban J connectivity index is 1.97. The fourth-order valence-electron chi connectivity index (χ4n) is 3.37. The molecule has 0 saturated carbocycles. The first-order valence-electron chi connectivity index (χ1n) is 8.21. The Kier molecular flexibility index (Phi) is 4.97. The van der Waals surface area contributed by atoms with Crippen LogP contribution in [0.5, 0.6) is 0 Å². The van der Waals surface area contributed by atoms with E-state index in [2.05, 4.69) is 0 Å². The molecule has 1 saturated heterocycles. The quantitative estimate of drug-likeness (QED) is 0.478. The molecule has 1 heterocycles. The lowest BCUT2D eigenvalue weighted by Crippen LogP contribution is -2.34. The predicted molar refractivity (Wildman–Crippen MR) is 93.4 cm³/mol. The summed E-state index contributed by atoms with van der Waals surface area (Å²) in [5.41, 5.74) is 1.17. The van der Waals surface area contributed by atoms with E-state index in [1.54, 1.807) is 41.3 Å². The topological polar surface area (TPSA) is 89.8 Å². The van der Waals surface area contributed by atoms with Crippen molar-refractivity contribution >= 4 is 17.6 Å². The van der Waals surface area contributed by atoms with Crippen LogP contribution in [-0.4, -0.2) is 35.4 Å². The first-order valence-corrected chi connectivity index (χ1v) is 8.21. The van der Waals surface area contributed by atoms with Gasteiger partial charge in [-0.2, -0.15) is 0 Å². The maximum absolute atomic E-state index is 12.9. The number of carbonyl (C=O) groups excluding carboxylic acids is 2. The molecule has 0 spiro atoms. The fraction of sp³-hybridized carbons (Fsp3) is 0.263. The molecule has 3 rings (SSSR count). The molecule has 1 aliphatic heterocycles. The summed E-state index contributed by atoms with van der Waals surface area (Å²) in [5.74, 6) is -1.08. The number of ether oxygens (including phenoxy) is 1. The van der Waals surface area contributed by atoms with Crippen molar-refractivity contribution in [2.45, 2.75) is 12.5 Å². The minimum atomic E-state index is -0.518.